The van der Waals surface area contributed by atoms with E-state index in [-0.39, 0.29) is 0 Å². The van der Waals surface area contributed by atoms with Crippen LogP contribution in [0.4, 0.5) is 0 Å². The molecule has 0 fully saturated rings. The Morgan fingerprint density at radius 1 is 1.00 bits per heavy atom. The molecule has 0 saturated heterocycles. The summed E-state index contributed by atoms with van der Waals surface area (Å²) in [6.45, 7) is 3.97. The monoisotopic (exact) mass is 276 g/mol. The quantitative estimate of drug-likeness (QED) is 0.599. The Bertz CT molecular complexity index is 381. The highest BCUT2D eigenvalue weighted by Gasteiger charge is 2.12. The smallest absolute Gasteiger partial charge is 0.310 e. The van der Waals surface area contributed by atoms with E-state index in [1.54, 1.807) is 6.92 Å². The minimum Gasteiger partial charge on any atom is -0.481 e. The van der Waals surface area contributed by atoms with Gasteiger partial charge in [0, 0.05) is 0 Å². The summed E-state index contributed by atoms with van der Waals surface area (Å²) >= 11 is 0. The van der Waals surface area contributed by atoms with Gasteiger partial charge in [0.25, 0.3) is 0 Å². The molecule has 1 atom stereocenters. The predicted octanol–water partition coefficient (Wildman–Crippen LogP) is 5.17. The Kier molecular flexibility index (Phi) is 8.01. The highest BCUT2D eigenvalue weighted by molar-refractivity contribution is 5.75. The molecule has 2 nitrogen and oxygen atoms in total. The van der Waals surface area contributed by atoms with E-state index < -0.39 is 11.9 Å². The van der Waals surface area contributed by atoms with Crippen LogP contribution in [0.25, 0.3) is 0 Å². The third-order valence-corrected chi connectivity index (χ3v) is 3.92. The summed E-state index contributed by atoms with van der Waals surface area (Å²) in [6, 6.07) is 8.06. The number of aliphatic carboxylic acids is 1. The highest BCUT2D eigenvalue weighted by Crippen LogP contribution is 2.17. The zero-order chi connectivity index (χ0) is 14.8. The number of aryl methyl sites for hydroxylation is 1. The SMILES string of the molecule is CCCCCCCCCc1ccc(C(C)C(=O)O)cc1. The third-order valence-electron chi connectivity index (χ3n) is 3.92. The number of benzene rings is 1. The fraction of sp³-hybridized carbons (Fsp3) is 0.611. The van der Waals surface area contributed by atoms with Crippen LogP contribution in [0.15, 0.2) is 24.3 Å². The summed E-state index contributed by atoms with van der Waals surface area (Å²) in [5.41, 5.74) is 2.21. The fourth-order valence-electron chi connectivity index (χ4n) is 2.40. The van der Waals surface area contributed by atoms with Gasteiger partial charge in [0.2, 0.25) is 0 Å². The summed E-state index contributed by atoms with van der Waals surface area (Å²) in [7, 11) is 0. The van der Waals surface area contributed by atoms with Crippen LogP contribution in [0.1, 0.15) is 75.8 Å². The van der Waals surface area contributed by atoms with Gasteiger partial charge in [0.05, 0.1) is 5.92 Å². The summed E-state index contributed by atoms with van der Waals surface area (Å²) < 4.78 is 0. The van der Waals surface area contributed by atoms with Gasteiger partial charge in [-0.2, -0.15) is 0 Å². The second-order valence-electron chi connectivity index (χ2n) is 5.67. The first-order valence-electron chi connectivity index (χ1n) is 7.96. The van der Waals surface area contributed by atoms with Crippen LogP contribution in [0.5, 0.6) is 0 Å². The van der Waals surface area contributed by atoms with Crippen LogP contribution in [-0.2, 0) is 11.2 Å². The molecule has 0 aliphatic heterocycles. The van der Waals surface area contributed by atoms with E-state index >= 15 is 0 Å². The largest absolute Gasteiger partial charge is 0.481 e. The lowest BCUT2D eigenvalue weighted by Gasteiger charge is -2.08. The number of unbranched alkanes of at least 4 members (excludes halogenated alkanes) is 6. The molecule has 0 aromatic heterocycles. The number of carboxylic acids is 1. The van der Waals surface area contributed by atoms with Gasteiger partial charge in [-0.3, -0.25) is 4.79 Å². The van der Waals surface area contributed by atoms with Gasteiger partial charge in [0.1, 0.15) is 0 Å². The van der Waals surface area contributed by atoms with Gasteiger partial charge in [-0.15, -0.1) is 0 Å². The van der Waals surface area contributed by atoms with E-state index in [4.69, 9.17) is 5.11 Å². The number of rotatable bonds is 10. The predicted molar refractivity (Wildman–Crippen MR) is 84.2 cm³/mol. The van der Waals surface area contributed by atoms with Gasteiger partial charge < -0.3 is 5.11 Å². The second-order valence-corrected chi connectivity index (χ2v) is 5.67. The average Bonchev–Trinajstić information content (AvgIpc) is 2.46. The molecule has 20 heavy (non-hydrogen) atoms. The lowest BCUT2D eigenvalue weighted by molar-refractivity contribution is -0.138. The maximum absolute atomic E-state index is 10.9. The molecular weight excluding hydrogens is 248 g/mol. The summed E-state index contributed by atoms with van der Waals surface area (Å²) in [5, 5.41) is 8.97. The lowest BCUT2D eigenvalue weighted by Crippen LogP contribution is -2.07. The molecule has 0 spiro atoms. The Hall–Kier alpha value is -1.31. The Balaban J connectivity index is 2.23. The van der Waals surface area contributed by atoms with Gasteiger partial charge in [-0.1, -0.05) is 69.7 Å². The molecule has 0 bridgehead atoms. The standard InChI is InChI=1S/C18H28O2/c1-3-4-5-6-7-8-9-10-16-11-13-17(14-12-16)15(2)18(19)20/h11-15H,3-10H2,1-2H3,(H,19,20). The number of carboxylic acid groups (broad SMARTS) is 1. The molecule has 0 amide bonds. The third kappa shape index (κ3) is 6.23. The van der Waals surface area contributed by atoms with E-state index in [1.807, 2.05) is 12.1 Å². The maximum atomic E-state index is 10.9. The summed E-state index contributed by atoms with van der Waals surface area (Å²) in [5.74, 6) is -1.17. The van der Waals surface area contributed by atoms with Gasteiger partial charge >= 0.3 is 5.97 Å². The van der Waals surface area contributed by atoms with E-state index in [0.29, 0.717) is 0 Å². The first-order valence-corrected chi connectivity index (χ1v) is 7.96. The van der Waals surface area contributed by atoms with Crippen LogP contribution in [0, 0.1) is 0 Å². The molecule has 0 aliphatic rings. The number of hydrogen-bond acceptors (Lipinski definition) is 1. The van der Waals surface area contributed by atoms with E-state index in [9.17, 15) is 4.79 Å². The Morgan fingerprint density at radius 2 is 1.55 bits per heavy atom. The fourth-order valence-corrected chi connectivity index (χ4v) is 2.40. The van der Waals surface area contributed by atoms with E-state index in [2.05, 4.69) is 19.1 Å². The van der Waals surface area contributed by atoms with Crippen molar-refractivity contribution < 1.29 is 9.90 Å². The van der Waals surface area contributed by atoms with Gasteiger partial charge in [0.15, 0.2) is 0 Å². The van der Waals surface area contributed by atoms with Crippen molar-refractivity contribution in [2.45, 2.75) is 71.1 Å². The lowest BCUT2D eigenvalue weighted by atomic mass is 9.98. The minimum atomic E-state index is -0.759. The van der Waals surface area contributed by atoms with Crippen molar-refractivity contribution in [1.82, 2.24) is 0 Å². The average molecular weight is 276 g/mol. The molecule has 0 radical (unpaired) electrons. The molecule has 1 aromatic carbocycles. The van der Waals surface area contributed by atoms with Crippen molar-refractivity contribution in [1.29, 1.82) is 0 Å². The molecule has 112 valence electrons. The number of carbonyl (C=O) groups is 1. The van der Waals surface area contributed by atoms with E-state index in [0.717, 1.165) is 12.0 Å². The molecule has 1 rings (SSSR count). The van der Waals surface area contributed by atoms with Gasteiger partial charge in [-0.05, 0) is 30.9 Å². The van der Waals surface area contributed by atoms with Gasteiger partial charge in [-0.25, -0.2) is 0 Å². The Labute approximate surface area is 123 Å². The van der Waals surface area contributed by atoms with Crippen molar-refractivity contribution in [2.75, 3.05) is 0 Å². The summed E-state index contributed by atoms with van der Waals surface area (Å²) in [4.78, 5) is 10.9. The van der Waals surface area contributed by atoms with E-state index in [1.165, 1.54) is 50.5 Å². The molecule has 1 unspecified atom stereocenters. The molecule has 0 heterocycles. The molecule has 1 aromatic rings. The topological polar surface area (TPSA) is 37.3 Å². The zero-order valence-electron chi connectivity index (χ0n) is 12.9. The van der Waals surface area contributed by atoms with Crippen molar-refractivity contribution in [3.63, 3.8) is 0 Å². The normalized spacial score (nSPS) is 12.3. The molecule has 1 N–H and O–H groups in total. The van der Waals surface area contributed by atoms with Crippen molar-refractivity contribution in [3.8, 4) is 0 Å². The van der Waals surface area contributed by atoms with Crippen LogP contribution < -0.4 is 0 Å². The maximum Gasteiger partial charge on any atom is 0.310 e. The van der Waals surface area contributed by atoms with Crippen LogP contribution in [0.3, 0.4) is 0 Å². The van der Waals surface area contributed by atoms with Crippen molar-refractivity contribution in [2.24, 2.45) is 0 Å². The summed E-state index contributed by atoms with van der Waals surface area (Å²) in [6.07, 6.45) is 10.4. The van der Waals surface area contributed by atoms with Crippen LogP contribution in [0.2, 0.25) is 0 Å². The molecular formula is C18H28O2. The van der Waals surface area contributed by atoms with Crippen molar-refractivity contribution in [3.05, 3.63) is 35.4 Å². The highest BCUT2D eigenvalue weighted by atomic mass is 16.4. The molecule has 0 saturated carbocycles. The Morgan fingerprint density at radius 3 is 2.10 bits per heavy atom. The molecule has 0 aliphatic carbocycles. The first-order chi connectivity index (χ1) is 9.65. The first kappa shape index (κ1) is 16.7. The van der Waals surface area contributed by atoms with Crippen LogP contribution in [-0.4, -0.2) is 11.1 Å². The van der Waals surface area contributed by atoms with Crippen molar-refractivity contribution >= 4 is 5.97 Å². The zero-order valence-corrected chi connectivity index (χ0v) is 12.9. The number of hydrogen-bond donors (Lipinski definition) is 1. The molecule has 2 heteroatoms. The minimum absolute atomic E-state index is 0.414. The van der Waals surface area contributed by atoms with Crippen LogP contribution >= 0.6 is 0 Å². The second kappa shape index (κ2) is 9.57.